The van der Waals surface area contributed by atoms with Crippen LogP contribution in [0.1, 0.15) is 10.4 Å². The summed E-state index contributed by atoms with van der Waals surface area (Å²) in [5.41, 5.74) is 0.751. The van der Waals surface area contributed by atoms with Gasteiger partial charge < -0.3 is 8.83 Å². The largest absolute Gasteiger partial charge is 0.463 e. The van der Waals surface area contributed by atoms with Crippen LogP contribution in [0.25, 0.3) is 21.9 Å². The maximum absolute atomic E-state index is 11.6. The number of fused-ring (bicyclic) bond motifs is 2. The molecule has 0 N–H and O–H groups in total. The van der Waals surface area contributed by atoms with Gasteiger partial charge in [0.1, 0.15) is 11.8 Å². The molecule has 136 valence electrons. The van der Waals surface area contributed by atoms with E-state index in [2.05, 4.69) is 47.8 Å². The van der Waals surface area contributed by atoms with E-state index in [1.54, 1.807) is 24.3 Å². The second kappa shape index (κ2) is 8.33. The van der Waals surface area contributed by atoms with E-state index in [1.165, 1.54) is 18.6 Å². The second-order valence-corrected chi connectivity index (χ2v) is 8.01. The van der Waals surface area contributed by atoms with Crippen molar-refractivity contribution in [3.63, 3.8) is 0 Å². The molecule has 0 aliphatic rings. The van der Waals surface area contributed by atoms with Crippen LogP contribution in [0, 0.1) is 0 Å². The Hall–Kier alpha value is -2.03. The molecule has 5 nitrogen and oxygen atoms in total. The molecule has 4 aromatic rings. The Morgan fingerprint density at radius 2 is 1.59 bits per heavy atom. The van der Waals surface area contributed by atoms with Crippen LogP contribution >= 0.6 is 47.8 Å². The molecule has 27 heavy (non-hydrogen) atoms. The Labute approximate surface area is 177 Å². The standard InChI is InChI=1S/C10H5BrO3.C9H4Br2O2/c11-7-1-2-9-8(3-7)10(13)6(4-12)5-14-9;10-5-3-6-8(12)1-2-13-9(6)7(11)4-5/h1-5H;1-4H. The van der Waals surface area contributed by atoms with E-state index < -0.39 is 0 Å². The van der Waals surface area contributed by atoms with Crippen molar-refractivity contribution >= 4 is 76.0 Å². The molecule has 8 heteroatoms. The molecule has 0 radical (unpaired) electrons. The van der Waals surface area contributed by atoms with Gasteiger partial charge in [-0.1, -0.05) is 31.9 Å². The van der Waals surface area contributed by atoms with Crippen molar-refractivity contribution in [2.45, 2.75) is 0 Å². The highest BCUT2D eigenvalue weighted by Gasteiger charge is 2.06. The fourth-order valence-electron chi connectivity index (χ4n) is 2.32. The summed E-state index contributed by atoms with van der Waals surface area (Å²) in [6, 6.07) is 10.1. The third-order valence-electron chi connectivity index (χ3n) is 3.57. The summed E-state index contributed by atoms with van der Waals surface area (Å²) in [5, 5.41) is 0.979. The van der Waals surface area contributed by atoms with Gasteiger partial charge >= 0.3 is 0 Å². The number of carbonyl (C=O) groups is 1. The lowest BCUT2D eigenvalue weighted by Crippen LogP contribution is -2.07. The normalized spacial score (nSPS) is 10.5. The van der Waals surface area contributed by atoms with E-state index >= 15 is 0 Å². The lowest BCUT2D eigenvalue weighted by Gasteiger charge is -1.98. The summed E-state index contributed by atoms with van der Waals surface area (Å²) in [6.45, 7) is 0. The van der Waals surface area contributed by atoms with Crippen LogP contribution in [0.4, 0.5) is 0 Å². The monoisotopic (exact) mass is 554 g/mol. The molecule has 0 spiro atoms. The number of rotatable bonds is 1. The Morgan fingerprint density at radius 1 is 0.852 bits per heavy atom. The van der Waals surface area contributed by atoms with E-state index in [-0.39, 0.29) is 16.4 Å². The summed E-state index contributed by atoms with van der Waals surface area (Å²) in [6.07, 6.45) is 3.06. The lowest BCUT2D eigenvalue weighted by molar-refractivity contribution is 0.112. The summed E-state index contributed by atoms with van der Waals surface area (Å²) >= 11 is 9.87. The smallest absolute Gasteiger partial charge is 0.203 e. The zero-order valence-corrected chi connectivity index (χ0v) is 18.1. The summed E-state index contributed by atoms with van der Waals surface area (Å²) in [5.74, 6) is 0. The molecular weight excluding hydrogens is 548 g/mol. The van der Waals surface area contributed by atoms with Gasteiger partial charge in [0.25, 0.3) is 0 Å². The summed E-state index contributed by atoms with van der Waals surface area (Å²) < 4.78 is 12.7. The van der Waals surface area contributed by atoms with Gasteiger partial charge in [-0.25, -0.2) is 0 Å². The van der Waals surface area contributed by atoms with Gasteiger partial charge in [-0.15, -0.1) is 0 Å². The minimum atomic E-state index is -0.303. The first kappa shape index (κ1) is 19.7. The van der Waals surface area contributed by atoms with Crippen LogP contribution in [0.5, 0.6) is 0 Å². The van der Waals surface area contributed by atoms with Crippen molar-refractivity contribution in [1.29, 1.82) is 0 Å². The third kappa shape index (κ3) is 4.28. The minimum absolute atomic E-state index is 0.0376. The zero-order chi connectivity index (χ0) is 19.6. The van der Waals surface area contributed by atoms with Crippen molar-refractivity contribution in [1.82, 2.24) is 0 Å². The van der Waals surface area contributed by atoms with Crippen LogP contribution in [0.2, 0.25) is 0 Å². The molecule has 0 fully saturated rings. The van der Waals surface area contributed by atoms with Crippen LogP contribution < -0.4 is 10.9 Å². The van der Waals surface area contributed by atoms with E-state index in [0.29, 0.717) is 28.2 Å². The molecule has 4 rings (SSSR count). The van der Waals surface area contributed by atoms with Gasteiger partial charge in [0.15, 0.2) is 17.3 Å². The highest BCUT2D eigenvalue weighted by Crippen LogP contribution is 2.26. The highest BCUT2D eigenvalue weighted by atomic mass is 79.9. The molecule has 0 amide bonds. The first-order valence-electron chi connectivity index (χ1n) is 7.43. The summed E-state index contributed by atoms with van der Waals surface area (Å²) in [7, 11) is 0. The van der Waals surface area contributed by atoms with Gasteiger partial charge in [-0.05, 0) is 46.3 Å². The molecule has 0 saturated carbocycles. The van der Waals surface area contributed by atoms with Crippen molar-refractivity contribution in [3.05, 3.63) is 88.4 Å². The predicted octanol–water partition coefficient (Wildman–Crippen LogP) is 5.69. The van der Waals surface area contributed by atoms with Crippen LogP contribution in [0.3, 0.4) is 0 Å². The SMILES string of the molecule is O=Cc1coc2ccc(Br)cc2c1=O.O=c1ccoc2c(Br)cc(Br)cc12. The first-order chi connectivity index (χ1) is 12.9. The highest BCUT2D eigenvalue weighted by molar-refractivity contribution is 9.11. The van der Waals surface area contributed by atoms with Gasteiger partial charge in [0, 0.05) is 15.0 Å². The molecule has 0 unspecified atom stereocenters. The average molecular weight is 557 g/mol. The van der Waals surface area contributed by atoms with Gasteiger partial charge in [0.2, 0.25) is 5.43 Å². The Balaban J connectivity index is 0.000000156. The molecular formula is C19H9Br3O5. The summed E-state index contributed by atoms with van der Waals surface area (Å²) in [4.78, 5) is 33.5. The molecule has 0 saturated heterocycles. The predicted molar refractivity (Wildman–Crippen MR) is 113 cm³/mol. The number of hydrogen-bond donors (Lipinski definition) is 0. The van der Waals surface area contributed by atoms with Gasteiger partial charge in [-0.2, -0.15) is 0 Å². The van der Waals surface area contributed by atoms with E-state index in [4.69, 9.17) is 8.83 Å². The number of benzene rings is 2. The van der Waals surface area contributed by atoms with Crippen LogP contribution in [-0.2, 0) is 0 Å². The first-order valence-corrected chi connectivity index (χ1v) is 9.81. The van der Waals surface area contributed by atoms with Crippen LogP contribution in [0.15, 0.2) is 80.8 Å². The van der Waals surface area contributed by atoms with Gasteiger partial charge in [0.05, 0.1) is 27.1 Å². The third-order valence-corrected chi connectivity index (χ3v) is 5.11. The molecule has 2 aromatic carbocycles. The maximum atomic E-state index is 11.6. The number of halogens is 3. The van der Waals surface area contributed by atoms with E-state index in [1.807, 2.05) is 6.07 Å². The molecule has 0 atom stereocenters. The van der Waals surface area contributed by atoms with E-state index in [9.17, 15) is 14.4 Å². The minimum Gasteiger partial charge on any atom is -0.463 e. The molecule has 0 aliphatic heterocycles. The second-order valence-electron chi connectivity index (χ2n) is 5.33. The van der Waals surface area contributed by atoms with Crippen LogP contribution in [-0.4, -0.2) is 6.29 Å². The quantitative estimate of drug-likeness (QED) is 0.282. The number of aldehydes is 1. The van der Waals surface area contributed by atoms with Gasteiger partial charge in [-0.3, -0.25) is 14.4 Å². The topological polar surface area (TPSA) is 77.5 Å². The molecule has 0 bridgehead atoms. The van der Waals surface area contributed by atoms with Crippen molar-refractivity contribution in [2.24, 2.45) is 0 Å². The lowest BCUT2D eigenvalue weighted by atomic mass is 10.2. The van der Waals surface area contributed by atoms with Crippen molar-refractivity contribution in [2.75, 3.05) is 0 Å². The maximum Gasteiger partial charge on any atom is 0.203 e. The molecule has 2 aromatic heterocycles. The average Bonchev–Trinajstić information content (AvgIpc) is 2.64. The molecule has 0 aliphatic carbocycles. The van der Waals surface area contributed by atoms with Crippen molar-refractivity contribution < 1.29 is 13.6 Å². The zero-order valence-electron chi connectivity index (χ0n) is 13.4. The number of hydrogen-bond acceptors (Lipinski definition) is 5. The Bertz CT molecular complexity index is 1270. The van der Waals surface area contributed by atoms with Crippen molar-refractivity contribution in [3.8, 4) is 0 Å². The fourth-order valence-corrected chi connectivity index (χ4v) is 4.00. The fraction of sp³-hybridized carbons (Fsp3) is 0. The Kier molecular flexibility index (Phi) is 6.08. The molecule has 2 heterocycles. The van der Waals surface area contributed by atoms with E-state index in [0.717, 1.165) is 13.4 Å². The Morgan fingerprint density at radius 3 is 2.33 bits per heavy atom. The number of carbonyl (C=O) groups excluding carboxylic acids is 1.